The van der Waals surface area contributed by atoms with Crippen LogP contribution in [0.1, 0.15) is 30.0 Å². The average Bonchev–Trinajstić information content (AvgIpc) is 2.89. The lowest BCUT2D eigenvalue weighted by Gasteiger charge is -2.50. The fraction of sp³-hybridized carbons (Fsp3) is 0.333. The van der Waals surface area contributed by atoms with Crippen molar-refractivity contribution in [2.24, 2.45) is 17.6 Å². The summed E-state index contributed by atoms with van der Waals surface area (Å²) in [6.45, 7) is 1.79. The van der Waals surface area contributed by atoms with E-state index in [-0.39, 0.29) is 35.6 Å². The van der Waals surface area contributed by atoms with Gasteiger partial charge >= 0.3 is 0 Å². The second-order valence-electron chi connectivity index (χ2n) is 11.1. The molecule has 0 unspecified atom stereocenters. The van der Waals surface area contributed by atoms with Gasteiger partial charge in [-0.25, -0.2) is 0 Å². The Morgan fingerprint density at radius 2 is 1.73 bits per heavy atom. The lowest BCUT2D eigenvalue weighted by Crippen LogP contribution is -2.65. The van der Waals surface area contributed by atoms with E-state index >= 15 is 0 Å². The molecule has 7 N–H and O–H groups in total. The van der Waals surface area contributed by atoms with E-state index in [2.05, 4.69) is 5.32 Å². The molecule has 4 atom stereocenters. The van der Waals surface area contributed by atoms with Gasteiger partial charge in [0.1, 0.15) is 22.8 Å². The van der Waals surface area contributed by atoms with Gasteiger partial charge in [-0.1, -0.05) is 30.3 Å². The van der Waals surface area contributed by atoms with E-state index in [9.17, 15) is 39.6 Å². The summed E-state index contributed by atoms with van der Waals surface area (Å²) < 4.78 is 0. The summed E-state index contributed by atoms with van der Waals surface area (Å²) in [6.07, 6.45) is 0.197. The number of likely N-dealkylation sites (N-methyl/N-ethyl adjacent to an activating group) is 1. The van der Waals surface area contributed by atoms with Crippen LogP contribution in [0.15, 0.2) is 53.3 Å². The Hall–Kier alpha value is -4.48. The van der Waals surface area contributed by atoms with E-state index in [0.29, 0.717) is 17.7 Å². The SMILES string of the molecule is CC(=O)NCc1ccc(-c2ccc(O)c3c2C[C@@H]2C[C@@H]4[C@H](N(C)C)C(=O)C(C(N)=O)=C(O)[C@]4(O)C(=O)C2=C3O)cc1. The molecule has 0 bridgehead atoms. The largest absolute Gasteiger partial charge is 0.508 e. The number of amides is 2. The third kappa shape index (κ3) is 4.20. The third-order valence-corrected chi connectivity index (χ3v) is 8.41. The molecule has 1 saturated carbocycles. The van der Waals surface area contributed by atoms with Crippen LogP contribution in [-0.2, 0) is 32.1 Å². The Morgan fingerprint density at radius 3 is 2.32 bits per heavy atom. The van der Waals surface area contributed by atoms with Crippen LogP contribution >= 0.6 is 0 Å². The molecule has 2 amide bonds. The van der Waals surface area contributed by atoms with Crippen molar-refractivity contribution < 1.29 is 39.6 Å². The van der Waals surface area contributed by atoms with Crippen LogP contribution in [0.2, 0.25) is 0 Å². The summed E-state index contributed by atoms with van der Waals surface area (Å²) in [5.74, 6) is -7.03. The number of carbonyl (C=O) groups is 4. The van der Waals surface area contributed by atoms with Crippen LogP contribution < -0.4 is 11.1 Å². The van der Waals surface area contributed by atoms with Crippen LogP contribution in [0, 0.1) is 11.8 Å². The molecule has 2 aromatic rings. The Labute approximate surface area is 235 Å². The molecule has 0 spiro atoms. The van der Waals surface area contributed by atoms with Gasteiger partial charge in [-0.05, 0) is 61.2 Å². The highest BCUT2D eigenvalue weighted by molar-refractivity contribution is 6.24. The summed E-state index contributed by atoms with van der Waals surface area (Å²) in [7, 11) is 3.11. The van der Waals surface area contributed by atoms with Crippen LogP contribution in [-0.4, -0.2) is 74.4 Å². The van der Waals surface area contributed by atoms with Crippen molar-refractivity contribution in [3.05, 3.63) is 70.0 Å². The van der Waals surface area contributed by atoms with Crippen LogP contribution in [0.3, 0.4) is 0 Å². The van der Waals surface area contributed by atoms with Crippen molar-refractivity contribution in [2.45, 2.75) is 38.0 Å². The number of nitrogens with zero attached hydrogens (tertiary/aromatic N) is 1. The van der Waals surface area contributed by atoms with E-state index in [1.54, 1.807) is 20.2 Å². The molecule has 0 aliphatic heterocycles. The van der Waals surface area contributed by atoms with Gasteiger partial charge < -0.3 is 31.5 Å². The Morgan fingerprint density at radius 1 is 1.07 bits per heavy atom. The van der Waals surface area contributed by atoms with E-state index in [1.165, 1.54) is 17.9 Å². The van der Waals surface area contributed by atoms with Gasteiger partial charge in [0.25, 0.3) is 5.91 Å². The van der Waals surface area contributed by atoms with Gasteiger partial charge in [0.2, 0.25) is 11.7 Å². The molecule has 0 heterocycles. The van der Waals surface area contributed by atoms with Crippen LogP contribution in [0.5, 0.6) is 5.75 Å². The van der Waals surface area contributed by atoms with E-state index < -0.39 is 58.0 Å². The number of aromatic hydroxyl groups is 1. The maximum atomic E-state index is 13.9. The molecule has 214 valence electrons. The fourth-order valence-electron chi connectivity index (χ4n) is 6.54. The third-order valence-electron chi connectivity index (χ3n) is 8.41. The Balaban J connectivity index is 1.64. The van der Waals surface area contributed by atoms with E-state index in [1.807, 2.05) is 24.3 Å². The summed E-state index contributed by atoms with van der Waals surface area (Å²) >= 11 is 0. The number of nitrogens with two attached hydrogens (primary N) is 1. The molecule has 5 rings (SSSR count). The second-order valence-corrected chi connectivity index (χ2v) is 11.1. The summed E-state index contributed by atoms with van der Waals surface area (Å²) in [5, 5.41) is 47.6. The smallest absolute Gasteiger partial charge is 0.255 e. The maximum absolute atomic E-state index is 13.9. The van der Waals surface area contributed by atoms with Crippen molar-refractivity contribution in [3.8, 4) is 16.9 Å². The molecular formula is C30H31N3O8. The van der Waals surface area contributed by atoms with Crippen molar-refractivity contribution in [1.82, 2.24) is 10.2 Å². The first kappa shape index (κ1) is 28.1. The van der Waals surface area contributed by atoms with Gasteiger partial charge in [0.05, 0.1) is 11.6 Å². The number of aliphatic hydroxyl groups is 3. The number of phenols is 1. The number of hydrogen-bond acceptors (Lipinski definition) is 9. The zero-order chi connectivity index (χ0) is 30.0. The highest BCUT2D eigenvalue weighted by atomic mass is 16.3. The number of benzene rings is 2. The number of phenolic OH excluding ortho intramolecular Hbond substituents is 1. The lowest BCUT2D eigenvalue weighted by molar-refractivity contribution is -0.153. The number of ketones is 2. The average molecular weight is 562 g/mol. The molecule has 0 aromatic heterocycles. The van der Waals surface area contributed by atoms with Crippen LogP contribution in [0.25, 0.3) is 16.9 Å². The molecule has 41 heavy (non-hydrogen) atoms. The van der Waals surface area contributed by atoms with Crippen molar-refractivity contribution in [1.29, 1.82) is 0 Å². The van der Waals surface area contributed by atoms with E-state index in [4.69, 9.17) is 5.73 Å². The Bertz CT molecular complexity index is 1570. The number of hydrogen-bond donors (Lipinski definition) is 6. The van der Waals surface area contributed by atoms with Gasteiger partial charge in [0.15, 0.2) is 11.4 Å². The minimum Gasteiger partial charge on any atom is -0.508 e. The van der Waals surface area contributed by atoms with Gasteiger partial charge in [-0.3, -0.25) is 24.1 Å². The highest BCUT2D eigenvalue weighted by Crippen LogP contribution is 2.53. The number of carbonyl (C=O) groups excluding carboxylic acids is 4. The molecule has 0 radical (unpaired) electrons. The standard InChI is InChI=1S/C30H31N3O8/c1-13(34)32-12-14-4-6-15(7-5-14)17-8-9-20(35)22-18(17)10-16-11-19-24(33(2)3)26(37)23(29(31)40)28(39)30(19,41)27(38)21(16)25(22)36/h4-9,16,19,24,35-36,39,41H,10-12H2,1-3H3,(H2,31,40)(H,32,34)/t16-,19-,24+,30-/m1/s1. The molecule has 3 aliphatic rings. The van der Waals surface area contributed by atoms with Gasteiger partial charge in [-0.15, -0.1) is 0 Å². The molecule has 11 heteroatoms. The summed E-state index contributed by atoms with van der Waals surface area (Å²) in [4.78, 5) is 52.0. The summed E-state index contributed by atoms with van der Waals surface area (Å²) in [5.41, 5.74) is 4.58. The highest BCUT2D eigenvalue weighted by Gasteiger charge is 2.64. The topological polar surface area (TPSA) is 190 Å². The number of nitrogens with one attached hydrogen (secondary N) is 1. The lowest BCUT2D eigenvalue weighted by atomic mass is 9.57. The number of Topliss-reactive ketones (excluding diaryl/α,β-unsaturated/α-hetero) is 2. The maximum Gasteiger partial charge on any atom is 0.255 e. The molecule has 3 aliphatic carbocycles. The van der Waals surface area contributed by atoms with Crippen molar-refractivity contribution in [2.75, 3.05) is 14.1 Å². The van der Waals surface area contributed by atoms with Crippen molar-refractivity contribution >= 4 is 29.1 Å². The van der Waals surface area contributed by atoms with Crippen LogP contribution in [0.4, 0.5) is 0 Å². The predicted molar refractivity (Wildman–Crippen MR) is 147 cm³/mol. The fourth-order valence-corrected chi connectivity index (χ4v) is 6.54. The monoisotopic (exact) mass is 561 g/mol. The summed E-state index contributed by atoms with van der Waals surface area (Å²) in [6, 6.07) is 9.34. The molecule has 2 aromatic carbocycles. The van der Waals surface area contributed by atoms with Gasteiger partial charge in [0, 0.05) is 25.0 Å². The van der Waals surface area contributed by atoms with Crippen molar-refractivity contribution in [3.63, 3.8) is 0 Å². The number of primary amides is 1. The number of fused-ring (bicyclic) bond motifs is 3. The van der Waals surface area contributed by atoms with E-state index in [0.717, 1.165) is 11.1 Å². The zero-order valence-electron chi connectivity index (χ0n) is 22.8. The minimum atomic E-state index is -2.68. The minimum absolute atomic E-state index is 0.0104. The predicted octanol–water partition coefficient (Wildman–Crippen LogP) is 1.27. The molecule has 0 saturated heterocycles. The zero-order valence-corrected chi connectivity index (χ0v) is 22.8. The Kier molecular flexibility index (Phi) is 6.75. The number of aliphatic hydroxyl groups excluding tert-OH is 2. The quantitative estimate of drug-likeness (QED) is 0.292. The molecular weight excluding hydrogens is 530 g/mol. The molecule has 11 nitrogen and oxygen atoms in total. The first-order valence-corrected chi connectivity index (χ1v) is 13.1. The first-order chi connectivity index (χ1) is 19.3. The normalized spacial score (nSPS) is 25.5. The second kappa shape index (κ2) is 9.86. The number of rotatable bonds is 5. The van der Waals surface area contributed by atoms with Gasteiger partial charge in [-0.2, -0.15) is 0 Å². The molecule has 1 fully saturated rings. The first-order valence-electron chi connectivity index (χ1n) is 13.1.